The fraction of sp³-hybridized carbons (Fsp3) is 0.400. The highest BCUT2D eigenvalue weighted by Crippen LogP contribution is 2.19. The SMILES string of the molecule is Cc1cc(C#CCCO)sc1C. The normalized spacial score (nSPS) is 9.25. The molecule has 0 atom stereocenters. The molecule has 1 aromatic rings. The van der Waals surface area contributed by atoms with Gasteiger partial charge in [-0.05, 0) is 25.5 Å². The van der Waals surface area contributed by atoms with E-state index in [-0.39, 0.29) is 6.61 Å². The van der Waals surface area contributed by atoms with Crippen LogP contribution in [0.4, 0.5) is 0 Å². The first-order chi connectivity index (χ1) is 5.74. The minimum Gasteiger partial charge on any atom is -0.395 e. The van der Waals surface area contributed by atoms with Gasteiger partial charge in [-0.1, -0.05) is 11.8 Å². The van der Waals surface area contributed by atoms with Crippen LogP contribution in [-0.4, -0.2) is 11.7 Å². The molecule has 0 radical (unpaired) electrons. The standard InChI is InChI=1S/C10H12OS/c1-8-7-10(12-9(8)2)5-3-4-6-11/h7,11H,4,6H2,1-2H3. The monoisotopic (exact) mass is 180 g/mol. The Morgan fingerprint density at radius 1 is 1.50 bits per heavy atom. The van der Waals surface area contributed by atoms with Gasteiger partial charge in [0.05, 0.1) is 11.5 Å². The molecule has 1 heterocycles. The zero-order chi connectivity index (χ0) is 8.97. The highest BCUT2D eigenvalue weighted by Gasteiger charge is 1.96. The number of thiophene rings is 1. The van der Waals surface area contributed by atoms with Crippen molar-refractivity contribution >= 4 is 11.3 Å². The average molecular weight is 180 g/mol. The number of aliphatic hydroxyl groups is 1. The summed E-state index contributed by atoms with van der Waals surface area (Å²) in [7, 11) is 0. The second-order valence-corrected chi connectivity index (χ2v) is 3.88. The van der Waals surface area contributed by atoms with E-state index in [2.05, 4.69) is 31.8 Å². The number of rotatable bonds is 1. The molecule has 64 valence electrons. The van der Waals surface area contributed by atoms with Gasteiger partial charge in [0.1, 0.15) is 0 Å². The van der Waals surface area contributed by atoms with Crippen LogP contribution in [0.1, 0.15) is 21.7 Å². The lowest BCUT2D eigenvalue weighted by Crippen LogP contribution is -1.75. The van der Waals surface area contributed by atoms with Crippen molar-refractivity contribution in [3.63, 3.8) is 0 Å². The van der Waals surface area contributed by atoms with Crippen LogP contribution >= 0.6 is 11.3 Å². The van der Waals surface area contributed by atoms with E-state index in [0.717, 1.165) is 4.88 Å². The van der Waals surface area contributed by atoms with E-state index in [1.807, 2.05) is 0 Å². The Labute approximate surface area is 77.1 Å². The highest BCUT2D eigenvalue weighted by molar-refractivity contribution is 7.12. The quantitative estimate of drug-likeness (QED) is 0.656. The molecule has 0 aliphatic rings. The average Bonchev–Trinajstić information content (AvgIpc) is 2.32. The number of aryl methyl sites for hydroxylation is 2. The number of hydrogen-bond acceptors (Lipinski definition) is 2. The van der Waals surface area contributed by atoms with Crippen LogP contribution in [0.5, 0.6) is 0 Å². The summed E-state index contributed by atoms with van der Waals surface area (Å²) in [6.07, 6.45) is 0.565. The summed E-state index contributed by atoms with van der Waals surface area (Å²) < 4.78 is 0. The third-order valence-corrected chi connectivity index (χ3v) is 2.68. The maximum Gasteiger partial charge on any atom is 0.0773 e. The van der Waals surface area contributed by atoms with Gasteiger partial charge in [0.2, 0.25) is 0 Å². The molecule has 0 spiro atoms. The second kappa shape index (κ2) is 4.30. The molecule has 0 aliphatic heterocycles. The third kappa shape index (κ3) is 2.37. The summed E-state index contributed by atoms with van der Waals surface area (Å²) in [4.78, 5) is 2.42. The molecule has 12 heavy (non-hydrogen) atoms. The molecule has 0 aliphatic carbocycles. The molecule has 2 heteroatoms. The Morgan fingerprint density at radius 2 is 2.25 bits per heavy atom. The van der Waals surface area contributed by atoms with Crippen LogP contribution in [0.15, 0.2) is 6.07 Å². The fourth-order valence-corrected chi connectivity index (χ4v) is 1.75. The Hall–Kier alpha value is -0.780. The van der Waals surface area contributed by atoms with Gasteiger partial charge >= 0.3 is 0 Å². The van der Waals surface area contributed by atoms with Crippen molar-refractivity contribution in [2.75, 3.05) is 6.61 Å². The maximum atomic E-state index is 8.50. The summed E-state index contributed by atoms with van der Waals surface area (Å²) >= 11 is 1.71. The summed E-state index contributed by atoms with van der Waals surface area (Å²) in [5.74, 6) is 5.92. The van der Waals surface area contributed by atoms with Gasteiger partial charge in [-0.3, -0.25) is 0 Å². The molecule has 1 nitrogen and oxygen atoms in total. The van der Waals surface area contributed by atoms with Crippen LogP contribution in [-0.2, 0) is 0 Å². The van der Waals surface area contributed by atoms with Gasteiger partial charge in [0.15, 0.2) is 0 Å². The topological polar surface area (TPSA) is 20.2 Å². The van der Waals surface area contributed by atoms with Crippen molar-refractivity contribution in [3.8, 4) is 11.8 Å². The molecule has 1 aromatic heterocycles. The molecule has 1 N–H and O–H groups in total. The van der Waals surface area contributed by atoms with Crippen molar-refractivity contribution < 1.29 is 5.11 Å². The zero-order valence-electron chi connectivity index (χ0n) is 7.35. The largest absolute Gasteiger partial charge is 0.395 e. The van der Waals surface area contributed by atoms with E-state index in [0.29, 0.717) is 6.42 Å². The van der Waals surface area contributed by atoms with Crippen LogP contribution in [0.25, 0.3) is 0 Å². The number of hydrogen-bond donors (Lipinski definition) is 1. The summed E-state index contributed by atoms with van der Waals surface area (Å²) in [5, 5.41) is 8.50. The molecule has 0 saturated heterocycles. The first kappa shape index (κ1) is 9.31. The van der Waals surface area contributed by atoms with Crippen LogP contribution in [0.3, 0.4) is 0 Å². The highest BCUT2D eigenvalue weighted by atomic mass is 32.1. The molecule has 0 amide bonds. The molecule has 0 fully saturated rings. The Morgan fingerprint density at radius 3 is 2.75 bits per heavy atom. The van der Waals surface area contributed by atoms with E-state index in [4.69, 9.17) is 5.11 Å². The van der Waals surface area contributed by atoms with Crippen molar-refractivity contribution in [2.45, 2.75) is 20.3 Å². The Kier molecular flexibility index (Phi) is 3.33. The van der Waals surface area contributed by atoms with Gasteiger partial charge in [-0.25, -0.2) is 0 Å². The van der Waals surface area contributed by atoms with Crippen LogP contribution in [0, 0.1) is 25.7 Å². The smallest absolute Gasteiger partial charge is 0.0773 e. The van der Waals surface area contributed by atoms with E-state index in [1.165, 1.54) is 10.4 Å². The van der Waals surface area contributed by atoms with E-state index < -0.39 is 0 Å². The van der Waals surface area contributed by atoms with E-state index in [1.54, 1.807) is 11.3 Å². The zero-order valence-corrected chi connectivity index (χ0v) is 8.16. The lowest BCUT2D eigenvalue weighted by atomic mass is 10.3. The third-order valence-electron chi connectivity index (χ3n) is 1.61. The van der Waals surface area contributed by atoms with Crippen molar-refractivity contribution in [1.29, 1.82) is 0 Å². The first-order valence-corrected chi connectivity index (χ1v) is 4.72. The first-order valence-electron chi connectivity index (χ1n) is 3.91. The molecule has 0 saturated carbocycles. The van der Waals surface area contributed by atoms with Crippen molar-refractivity contribution in [3.05, 3.63) is 21.4 Å². The molecule has 0 bridgehead atoms. The molecule has 0 aromatic carbocycles. The lowest BCUT2D eigenvalue weighted by Gasteiger charge is -1.79. The number of aliphatic hydroxyl groups excluding tert-OH is 1. The van der Waals surface area contributed by atoms with Gasteiger partial charge in [0.25, 0.3) is 0 Å². The summed E-state index contributed by atoms with van der Waals surface area (Å²) in [5.41, 5.74) is 1.30. The van der Waals surface area contributed by atoms with E-state index >= 15 is 0 Å². The lowest BCUT2D eigenvalue weighted by molar-refractivity contribution is 0.305. The van der Waals surface area contributed by atoms with E-state index in [9.17, 15) is 0 Å². The van der Waals surface area contributed by atoms with Gasteiger partial charge in [-0.2, -0.15) is 0 Å². The predicted molar refractivity (Wildman–Crippen MR) is 52.4 cm³/mol. The minimum absolute atomic E-state index is 0.149. The Bertz CT molecular complexity index is 295. The summed E-state index contributed by atoms with van der Waals surface area (Å²) in [6.45, 7) is 4.33. The molecular weight excluding hydrogens is 168 g/mol. The molecule has 1 rings (SSSR count). The molecule has 0 unspecified atom stereocenters. The second-order valence-electron chi connectivity index (χ2n) is 2.63. The van der Waals surface area contributed by atoms with Crippen LogP contribution in [0.2, 0.25) is 0 Å². The van der Waals surface area contributed by atoms with Gasteiger partial charge in [-0.15, -0.1) is 11.3 Å². The molecular formula is C10H12OS. The van der Waals surface area contributed by atoms with Crippen LogP contribution < -0.4 is 0 Å². The Balaban J connectivity index is 2.72. The van der Waals surface area contributed by atoms with Gasteiger partial charge < -0.3 is 5.11 Å². The fourth-order valence-electron chi connectivity index (χ4n) is 0.840. The van der Waals surface area contributed by atoms with Crippen molar-refractivity contribution in [2.24, 2.45) is 0 Å². The maximum absolute atomic E-state index is 8.50. The van der Waals surface area contributed by atoms with Gasteiger partial charge in [0, 0.05) is 11.3 Å². The predicted octanol–water partition coefficient (Wildman–Crippen LogP) is 2.10. The summed E-state index contributed by atoms with van der Waals surface area (Å²) in [6, 6.07) is 2.09. The van der Waals surface area contributed by atoms with Crippen molar-refractivity contribution in [1.82, 2.24) is 0 Å². The minimum atomic E-state index is 0.149.